The molecule has 1 N–H and O–H groups in total. The first-order chi connectivity index (χ1) is 7.66. The van der Waals surface area contributed by atoms with E-state index < -0.39 is 0 Å². The van der Waals surface area contributed by atoms with Gasteiger partial charge in [0.1, 0.15) is 11.6 Å². The van der Waals surface area contributed by atoms with E-state index in [0.717, 1.165) is 0 Å². The van der Waals surface area contributed by atoms with Crippen molar-refractivity contribution in [3.05, 3.63) is 65.5 Å². The van der Waals surface area contributed by atoms with Crippen molar-refractivity contribution in [1.82, 2.24) is 0 Å². The summed E-state index contributed by atoms with van der Waals surface area (Å²) in [6.07, 6.45) is 0. The second-order valence-electron chi connectivity index (χ2n) is 3.38. The molecule has 0 saturated heterocycles. The number of benzene rings is 2. The Morgan fingerprint density at radius 1 is 0.882 bits per heavy atom. The first-order valence-corrected chi connectivity index (χ1v) is 4.76. The number of carbonyl (C=O) groups is 1. The van der Waals surface area contributed by atoms with Crippen molar-refractivity contribution in [2.24, 2.45) is 0 Å². The Labute approximate surface area is 141 Å². The molecule has 0 spiro atoms. The van der Waals surface area contributed by atoms with Crippen LogP contribution < -0.4 is 0 Å². The molecule has 2 nitrogen and oxygen atoms in total. The fourth-order valence-electron chi connectivity index (χ4n) is 1.38. The molecule has 0 aliphatic heterocycles. The van der Waals surface area contributed by atoms with Crippen molar-refractivity contribution < 1.29 is 14.3 Å². The fourth-order valence-corrected chi connectivity index (χ4v) is 1.38. The maximum absolute atomic E-state index is 12.7. The first-order valence-electron chi connectivity index (χ1n) is 4.76. The van der Waals surface area contributed by atoms with Crippen LogP contribution >= 0.6 is 0 Å². The molecule has 2 aromatic rings. The molecule has 17 heavy (non-hydrogen) atoms. The average molecular weight is 255 g/mol. The number of hydrogen-bond donors (Lipinski definition) is 1. The number of carbonyl (C=O) groups excluding carboxylic acids is 1. The zero-order valence-corrected chi connectivity index (χ0v) is 12.5. The second kappa shape index (κ2) is 6.42. The van der Waals surface area contributed by atoms with E-state index in [9.17, 15) is 9.18 Å². The molecule has 0 bridgehead atoms. The van der Waals surface area contributed by atoms with Crippen LogP contribution in [0.1, 0.15) is 15.9 Å². The normalized spacial score (nSPS) is 9.47. The zero-order valence-electron chi connectivity index (χ0n) is 9.35. The number of phenols is 1. The minimum Gasteiger partial charge on any atom is -0.508 e. The minimum atomic E-state index is -0.373. The quantitative estimate of drug-likeness (QED) is 0.661. The van der Waals surface area contributed by atoms with Crippen LogP contribution in [0, 0.1) is 5.82 Å². The monoisotopic (exact) mass is 255 g/mol. The molecule has 0 heterocycles. The van der Waals surface area contributed by atoms with Gasteiger partial charge >= 0.3 is 0 Å². The molecule has 2 aromatic carbocycles. The third-order valence-corrected chi connectivity index (χ3v) is 2.24. The van der Waals surface area contributed by atoms with Gasteiger partial charge in [-0.2, -0.15) is 0 Å². The summed E-state index contributed by atoms with van der Waals surface area (Å²) in [6, 6.07) is 11.3. The van der Waals surface area contributed by atoms with Gasteiger partial charge in [0.25, 0.3) is 0 Å². The predicted molar refractivity (Wildman–Crippen MR) is 63.7 cm³/mol. The molecule has 4 heteroatoms. The zero-order chi connectivity index (χ0) is 11.5. The number of halogens is 1. The fraction of sp³-hybridized carbons (Fsp3) is 0. The van der Waals surface area contributed by atoms with Gasteiger partial charge in [-0.3, -0.25) is 4.79 Å². The molecule has 2 rings (SSSR count). The number of aromatic hydroxyl groups is 1. The summed E-state index contributed by atoms with van der Waals surface area (Å²) in [5, 5.41) is 9.08. The third-order valence-electron chi connectivity index (χ3n) is 2.24. The summed E-state index contributed by atoms with van der Waals surface area (Å²) in [7, 11) is 0. The first kappa shape index (κ1) is 14.5. The van der Waals surface area contributed by atoms with Crippen LogP contribution in [0.4, 0.5) is 4.39 Å². The van der Waals surface area contributed by atoms with Crippen LogP contribution in [0.15, 0.2) is 48.5 Å². The van der Waals surface area contributed by atoms with Gasteiger partial charge in [0.15, 0.2) is 5.78 Å². The summed E-state index contributed by atoms with van der Waals surface area (Å²) in [5.74, 6) is -0.460. The maximum atomic E-state index is 12.7. The van der Waals surface area contributed by atoms with E-state index in [0.29, 0.717) is 11.1 Å². The number of rotatable bonds is 2. The van der Waals surface area contributed by atoms with E-state index in [4.69, 9.17) is 5.11 Å². The summed E-state index contributed by atoms with van der Waals surface area (Å²) >= 11 is 0. The summed E-state index contributed by atoms with van der Waals surface area (Å²) in [6.45, 7) is 0. The molecule has 0 aromatic heterocycles. The molecule has 81 valence electrons. The van der Waals surface area contributed by atoms with E-state index in [-0.39, 0.29) is 68.7 Å². The number of phenolic OH excluding ortho intramolecular Hbond substituents is 1. The topological polar surface area (TPSA) is 37.3 Å². The molecule has 0 saturated carbocycles. The van der Waals surface area contributed by atoms with E-state index >= 15 is 0 Å². The van der Waals surface area contributed by atoms with Gasteiger partial charge in [-0.05, 0) is 48.5 Å². The second-order valence-corrected chi connectivity index (χ2v) is 3.38. The Morgan fingerprint density at radius 2 is 1.29 bits per heavy atom. The van der Waals surface area contributed by atoms with Gasteiger partial charge in [-0.1, -0.05) is 0 Å². The predicted octanol–water partition coefficient (Wildman–Crippen LogP) is 2.38. The van der Waals surface area contributed by atoms with Crippen LogP contribution in [-0.2, 0) is 0 Å². The van der Waals surface area contributed by atoms with E-state index in [1.54, 1.807) is 0 Å². The summed E-state index contributed by atoms with van der Waals surface area (Å²) in [4.78, 5) is 11.9. The summed E-state index contributed by atoms with van der Waals surface area (Å²) < 4.78 is 12.7. The van der Waals surface area contributed by atoms with Gasteiger partial charge < -0.3 is 5.11 Å². The van der Waals surface area contributed by atoms with Crippen molar-refractivity contribution in [1.29, 1.82) is 0 Å². The maximum Gasteiger partial charge on any atom is 0.193 e. The van der Waals surface area contributed by atoms with Gasteiger partial charge in [0.05, 0.1) is 0 Å². The molecular formula is C13H9FKO2. The van der Waals surface area contributed by atoms with Gasteiger partial charge in [0.2, 0.25) is 0 Å². The number of ketones is 1. The Kier molecular flexibility index (Phi) is 5.49. The Hall–Kier alpha value is -0.524. The van der Waals surface area contributed by atoms with Crippen LogP contribution in [0.3, 0.4) is 0 Å². The Bertz CT molecular complexity index is 458. The van der Waals surface area contributed by atoms with Crippen molar-refractivity contribution in [3.8, 4) is 5.75 Å². The molecular weight excluding hydrogens is 246 g/mol. The van der Waals surface area contributed by atoms with Crippen LogP contribution in [0.25, 0.3) is 0 Å². The largest absolute Gasteiger partial charge is 0.508 e. The van der Waals surface area contributed by atoms with Crippen molar-refractivity contribution in [2.45, 2.75) is 0 Å². The standard InChI is InChI=1S/C13H9FO2.K/c14-11-5-1-9(2-6-11)13(16)10-3-7-12(15)8-4-10;/h1-8,15H;. The van der Waals surface area contributed by atoms with E-state index in [1.165, 1.54) is 48.5 Å². The molecule has 0 unspecified atom stereocenters. The van der Waals surface area contributed by atoms with Crippen LogP contribution in [0.2, 0.25) is 0 Å². The van der Waals surface area contributed by atoms with Crippen molar-refractivity contribution in [3.63, 3.8) is 0 Å². The van der Waals surface area contributed by atoms with Crippen molar-refractivity contribution in [2.75, 3.05) is 0 Å². The average Bonchev–Trinajstić information content (AvgIpc) is 2.30. The Balaban J connectivity index is 0.00000144. The summed E-state index contributed by atoms with van der Waals surface area (Å²) in [5.41, 5.74) is 0.886. The molecule has 0 aliphatic carbocycles. The SMILES string of the molecule is O=C(c1ccc(O)cc1)c1ccc(F)cc1.[K]. The van der Waals surface area contributed by atoms with Crippen molar-refractivity contribution >= 4 is 57.2 Å². The molecule has 0 fully saturated rings. The van der Waals surface area contributed by atoms with E-state index in [2.05, 4.69) is 0 Å². The van der Waals surface area contributed by atoms with Gasteiger partial charge in [0, 0.05) is 62.5 Å². The van der Waals surface area contributed by atoms with Crippen LogP contribution in [0.5, 0.6) is 5.75 Å². The smallest absolute Gasteiger partial charge is 0.193 e. The molecule has 0 atom stereocenters. The third kappa shape index (κ3) is 3.72. The molecule has 0 amide bonds. The Morgan fingerprint density at radius 3 is 1.76 bits per heavy atom. The molecule has 1 radical (unpaired) electrons. The molecule has 0 aliphatic rings. The van der Waals surface area contributed by atoms with E-state index in [1.807, 2.05) is 0 Å². The minimum absolute atomic E-state index is 0. The van der Waals surface area contributed by atoms with Gasteiger partial charge in [-0.15, -0.1) is 0 Å². The van der Waals surface area contributed by atoms with Crippen LogP contribution in [-0.4, -0.2) is 62.3 Å². The van der Waals surface area contributed by atoms with Gasteiger partial charge in [-0.25, -0.2) is 4.39 Å². The number of hydrogen-bond acceptors (Lipinski definition) is 2.